The minimum absolute atomic E-state index is 0.142. The molecular weight excluding hydrogens is 314 g/mol. The fourth-order valence-corrected chi connectivity index (χ4v) is 2.94. The molecule has 0 aliphatic rings. The average molecular weight is 337 g/mol. The third-order valence-electron chi connectivity index (χ3n) is 3.52. The Bertz CT molecular complexity index is 626. The van der Waals surface area contributed by atoms with Gasteiger partial charge in [0.1, 0.15) is 6.04 Å². The van der Waals surface area contributed by atoms with Gasteiger partial charge in [-0.3, -0.25) is 0 Å². The molecule has 2 aromatic heterocycles. The van der Waals surface area contributed by atoms with Gasteiger partial charge in [0, 0.05) is 31.1 Å². The number of likely N-dealkylation sites (N-methyl/N-ethyl adjacent to an activating group) is 1. The number of urea groups is 1. The number of nitrogens with zero attached hydrogens (tertiary/aromatic N) is 4. The average Bonchev–Trinajstić information content (AvgIpc) is 3.15. The van der Waals surface area contributed by atoms with Crippen molar-refractivity contribution in [3.05, 3.63) is 28.3 Å². The molecule has 0 bridgehead atoms. The van der Waals surface area contributed by atoms with Crippen LogP contribution in [0.1, 0.15) is 49.5 Å². The van der Waals surface area contributed by atoms with Crippen molar-refractivity contribution in [2.24, 2.45) is 5.92 Å². The van der Waals surface area contributed by atoms with Crippen LogP contribution in [0.3, 0.4) is 0 Å². The highest BCUT2D eigenvalue weighted by molar-refractivity contribution is 7.09. The summed E-state index contributed by atoms with van der Waals surface area (Å²) in [6, 6.07) is -0.468. The van der Waals surface area contributed by atoms with E-state index in [4.69, 9.17) is 4.52 Å². The summed E-state index contributed by atoms with van der Waals surface area (Å²) in [7, 11) is 1.77. The van der Waals surface area contributed by atoms with Crippen LogP contribution in [0.5, 0.6) is 0 Å². The molecule has 0 aliphatic heterocycles. The Hall–Kier alpha value is -1.96. The predicted molar refractivity (Wildman–Crippen MR) is 88.3 cm³/mol. The molecule has 0 fully saturated rings. The van der Waals surface area contributed by atoms with E-state index in [1.165, 1.54) is 0 Å². The third-order valence-corrected chi connectivity index (χ3v) is 4.53. The lowest BCUT2D eigenvalue weighted by atomic mass is 10.0. The number of aryl methyl sites for hydroxylation is 1. The second kappa shape index (κ2) is 7.54. The first-order valence-electron chi connectivity index (χ1n) is 7.59. The van der Waals surface area contributed by atoms with Crippen LogP contribution in [0.15, 0.2) is 16.1 Å². The van der Waals surface area contributed by atoms with Gasteiger partial charge >= 0.3 is 6.03 Å². The van der Waals surface area contributed by atoms with Crippen LogP contribution in [-0.4, -0.2) is 39.6 Å². The number of rotatable bonds is 6. The zero-order chi connectivity index (χ0) is 17.0. The molecule has 0 saturated carbocycles. The minimum atomic E-state index is -0.304. The summed E-state index contributed by atoms with van der Waals surface area (Å²) in [5.41, 5.74) is 0. The van der Waals surface area contributed by atoms with E-state index in [9.17, 15) is 4.79 Å². The fourth-order valence-electron chi connectivity index (χ4n) is 2.25. The number of hydrogen-bond acceptors (Lipinski definition) is 6. The summed E-state index contributed by atoms with van der Waals surface area (Å²) in [5, 5.41) is 9.74. The highest BCUT2D eigenvalue weighted by Crippen LogP contribution is 2.21. The first-order chi connectivity index (χ1) is 10.9. The molecule has 2 amide bonds. The molecule has 8 heteroatoms. The normalized spacial score (nSPS) is 13.8. The largest absolute Gasteiger partial charge is 0.337 e. The summed E-state index contributed by atoms with van der Waals surface area (Å²) in [5.74, 6) is 1.33. The molecule has 2 aromatic rings. The Kier molecular flexibility index (Phi) is 5.70. The van der Waals surface area contributed by atoms with E-state index in [1.54, 1.807) is 36.4 Å². The Labute approximate surface area is 140 Å². The minimum Gasteiger partial charge on any atom is -0.337 e. The van der Waals surface area contributed by atoms with Gasteiger partial charge in [0.05, 0.1) is 5.01 Å². The van der Waals surface area contributed by atoms with E-state index in [2.05, 4.69) is 27.4 Å². The van der Waals surface area contributed by atoms with Crippen molar-refractivity contribution in [1.29, 1.82) is 0 Å². The number of aromatic nitrogens is 3. The Balaban J connectivity index is 1.98. The quantitative estimate of drug-likeness (QED) is 0.876. The summed E-state index contributed by atoms with van der Waals surface area (Å²) >= 11 is 1.60. The third kappa shape index (κ3) is 4.51. The number of hydrogen-bond donors (Lipinski definition) is 1. The topological polar surface area (TPSA) is 84.2 Å². The zero-order valence-corrected chi connectivity index (χ0v) is 14.9. The van der Waals surface area contributed by atoms with Gasteiger partial charge in [-0.2, -0.15) is 4.98 Å². The van der Waals surface area contributed by atoms with Gasteiger partial charge in [-0.15, -0.1) is 11.3 Å². The van der Waals surface area contributed by atoms with Gasteiger partial charge in [0.2, 0.25) is 5.89 Å². The van der Waals surface area contributed by atoms with Crippen molar-refractivity contribution in [2.45, 2.75) is 39.7 Å². The smallest absolute Gasteiger partial charge is 0.317 e. The lowest BCUT2D eigenvalue weighted by Gasteiger charge is -2.25. The molecule has 0 radical (unpaired) electrons. The van der Waals surface area contributed by atoms with E-state index in [0.29, 0.717) is 18.3 Å². The second-order valence-electron chi connectivity index (χ2n) is 6.00. The summed E-state index contributed by atoms with van der Waals surface area (Å²) < 4.78 is 5.21. The van der Waals surface area contributed by atoms with Gasteiger partial charge in [-0.1, -0.05) is 25.9 Å². The SMILES string of the molecule is Cc1noc(C(NC(=O)N(C)CC(C)c2nccs2)C(C)C)n1. The Morgan fingerprint density at radius 3 is 2.70 bits per heavy atom. The first-order valence-corrected chi connectivity index (χ1v) is 8.47. The molecule has 7 nitrogen and oxygen atoms in total. The van der Waals surface area contributed by atoms with E-state index in [1.807, 2.05) is 19.2 Å². The molecule has 0 aliphatic carbocycles. The molecule has 0 saturated heterocycles. The van der Waals surface area contributed by atoms with Crippen molar-refractivity contribution in [1.82, 2.24) is 25.3 Å². The number of carbonyl (C=O) groups excluding carboxylic acids is 1. The molecule has 2 atom stereocenters. The monoisotopic (exact) mass is 337 g/mol. The number of nitrogens with one attached hydrogen (secondary N) is 1. The Morgan fingerprint density at radius 1 is 1.43 bits per heavy atom. The molecule has 2 heterocycles. The van der Waals surface area contributed by atoms with Crippen LogP contribution in [0.4, 0.5) is 4.79 Å². The van der Waals surface area contributed by atoms with Crippen molar-refractivity contribution in [2.75, 3.05) is 13.6 Å². The molecule has 2 rings (SSSR count). The lowest BCUT2D eigenvalue weighted by Crippen LogP contribution is -2.42. The van der Waals surface area contributed by atoms with Crippen LogP contribution < -0.4 is 5.32 Å². The van der Waals surface area contributed by atoms with Gasteiger partial charge in [-0.25, -0.2) is 9.78 Å². The van der Waals surface area contributed by atoms with E-state index in [-0.39, 0.29) is 23.9 Å². The second-order valence-corrected chi connectivity index (χ2v) is 6.93. The standard InChI is InChI=1S/C15H23N5O2S/c1-9(2)12(13-17-11(4)19-22-13)18-15(21)20(5)8-10(3)14-16-6-7-23-14/h6-7,9-10,12H,8H2,1-5H3,(H,18,21). The molecule has 0 aromatic carbocycles. The lowest BCUT2D eigenvalue weighted by molar-refractivity contribution is 0.192. The van der Waals surface area contributed by atoms with Gasteiger partial charge in [-0.05, 0) is 12.8 Å². The summed E-state index contributed by atoms with van der Waals surface area (Å²) in [6.45, 7) is 8.41. The van der Waals surface area contributed by atoms with Gasteiger partial charge < -0.3 is 14.7 Å². The van der Waals surface area contributed by atoms with Crippen LogP contribution in [-0.2, 0) is 0 Å². The van der Waals surface area contributed by atoms with Crippen LogP contribution in [0, 0.1) is 12.8 Å². The van der Waals surface area contributed by atoms with Crippen LogP contribution >= 0.6 is 11.3 Å². The molecule has 2 unspecified atom stereocenters. The number of amides is 2. The summed E-state index contributed by atoms with van der Waals surface area (Å²) in [4.78, 5) is 22.6. The predicted octanol–water partition coefficient (Wildman–Crippen LogP) is 2.98. The Morgan fingerprint density at radius 2 is 2.17 bits per heavy atom. The van der Waals surface area contributed by atoms with Crippen molar-refractivity contribution in [3.63, 3.8) is 0 Å². The van der Waals surface area contributed by atoms with E-state index in [0.717, 1.165) is 5.01 Å². The fraction of sp³-hybridized carbons (Fsp3) is 0.600. The van der Waals surface area contributed by atoms with E-state index >= 15 is 0 Å². The van der Waals surface area contributed by atoms with Crippen molar-refractivity contribution < 1.29 is 9.32 Å². The maximum absolute atomic E-state index is 12.5. The highest BCUT2D eigenvalue weighted by atomic mass is 32.1. The molecular formula is C15H23N5O2S. The molecule has 0 spiro atoms. The van der Waals surface area contributed by atoms with Crippen molar-refractivity contribution in [3.8, 4) is 0 Å². The van der Waals surface area contributed by atoms with Crippen LogP contribution in [0.2, 0.25) is 0 Å². The molecule has 1 N–H and O–H groups in total. The maximum atomic E-state index is 12.5. The van der Waals surface area contributed by atoms with E-state index < -0.39 is 0 Å². The zero-order valence-electron chi connectivity index (χ0n) is 14.1. The molecule has 126 valence electrons. The molecule has 23 heavy (non-hydrogen) atoms. The highest BCUT2D eigenvalue weighted by Gasteiger charge is 2.26. The number of thiazole rings is 1. The number of carbonyl (C=O) groups is 1. The van der Waals surface area contributed by atoms with Crippen LogP contribution in [0.25, 0.3) is 0 Å². The van der Waals surface area contributed by atoms with Gasteiger partial charge in [0.25, 0.3) is 0 Å². The van der Waals surface area contributed by atoms with Crippen molar-refractivity contribution >= 4 is 17.4 Å². The van der Waals surface area contributed by atoms with Gasteiger partial charge in [0.15, 0.2) is 5.82 Å². The first kappa shape index (κ1) is 17.4. The maximum Gasteiger partial charge on any atom is 0.317 e. The summed E-state index contributed by atoms with van der Waals surface area (Å²) in [6.07, 6.45) is 1.78.